The van der Waals surface area contributed by atoms with Gasteiger partial charge in [0.2, 0.25) is 0 Å². The molecule has 0 saturated heterocycles. The highest BCUT2D eigenvalue weighted by Crippen LogP contribution is 2.08. The van der Waals surface area contributed by atoms with Gasteiger partial charge in [0.05, 0.1) is 5.56 Å². The van der Waals surface area contributed by atoms with Gasteiger partial charge in [-0.1, -0.05) is 0 Å². The number of aromatic carboxylic acids is 2. The number of rotatable bonds is 2. The molecule has 0 bridgehead atoms. The van der Waals surface area contributed by atoms with Gasteiger partial charge in [-0.05, 0) is 18.6 Å². The van der Waals surface area contributed by atoms with E-state index in [1.54, 1.807) is 0 Å². The summed E-state index contributed by atoms with van der Waals surface area (Å²) in [5.41, 5.74) is -0.456. The second kappa shape index (κ2) is 3.22. The van der Waals surface area contributed by atoms with Crippen LogP contribution >= 0.6 is 0 Å². The van der Waals surface area contributed by atoms with Crippen molar-refractivity contribution in [1.82, 2.24) is 4.98 Å². The van der Waals surface area contributed by atoms with E-state index in [1.807, 2.05) is 0 Å². The molecule has 5 heteroatoms. The Morgan fingerprint density at radius 1 is 1.31 bits per heavy atom. The minimum absolute atomic E-state index is 0.347. The molecule has 1 heterocycles. The van der Waals surface area contributed by atoms with Gasteiger partial charge in [-0.25, -0.2) is 14.6 Å². The Bertz CT molecular complexity index is 372. The third-order valence-corrected chi connectivity index (χ3v) is 1.38. The molecule has 0 atom stereocenters. The summed E-state index contributed by atoms with van der Waals surface area (Å²) in [6.45, 7) is 3.45. The Hall–Kier alpha value is -1.91. The van der Waals surface area contributed by atoms with E-state index in [9.17, 15) is 9.59 Å². The molecule has 13 heavy (non-hydrogen) atoms. The van der Waals surface area contributed by atoms with Gasteiger partial charge in [0.15, 0.2) is 5.69 Å². The summed E-state index contributed by atoms with van der Waals surface area (Å²) in [6.07, 6.45) is 1.20. The van der Waals surface area contributed by atoms with Gasteiger partial charge in [-0.15, -0.1) is 0 Å². The molecule has 0 aliphatic heterocycles. The number of nitrogens with zero attached hydrogens (tertiary/aromatic N) is 1. The summed E-state index contributed by atoms with van der Waals surface area (Å²) in [4.78, 5) is 24.5. The molecule has 0 saturated carbocycles. The Morgan fingerprint density at radius 2 is 1.92 bits per heavy atom. The first kappa shape index (κ1) is 9.18. The molecule has 1 aromatic heterocycles. The molecule has 0 aromatic carbocycles. The van der Waals surface area contributed by atoms with Crippen molar-refractivity contribution in [1.29, 1.82) is 0 Å². The van der Waals surface area contributed by atoms with E-state index in [0.29, 0.717) is 5.56 Å². The van der Waals surface area contributed by atoms with Crippen molar-refractivity contribution >= 4 is 11.9 Å². The quantitative estimate of drug-likeness (QED) is 0.697. The maximum absolute atomic E-state index is 10.5. The number of carboxylic acids is 2. The third-order valence-electron chi connectivity index (χ3n) is 1.38. The van der Waals surface area contributed by atoms with Gasteiger partial charge in [0.1, 0.15) is 0 Å². The second-order valence-electron chi connectivity index (χ2n) is 2.35. The summed E-state index contributed by atoms with van der Waals surface area (Å²) in [5.74, 6) is -2.69. The van der Waals surface area contributed by atoms with Crippen LogP contribution in [0.2, 0.25) is 0 Å². The maximum atomic E-state index is 10.5. The first-order valence-corrected chi connectivity index (χ1v) is 3.31. The van der Waals surface area contributed by atoms with Crippen LogP contribution in [0.1, 0.15) is 26.4 Å². The van der Waals surface area contributed by atoms with Crippen molar-refractivity contribution in [3.05, 3.63) is 36.0 Å². The predicted molar refractivity (Wildman–Crippen MR) is 42.6 cm³/mol. The number of hydrogen-bond acceptors (Lipinski definition) is 3. The Kier molecular flexibility index (Phi) is 2.27. The van der Waals surface area contributed by atoms with E-state index in [1.165, 1.54) is 12.3 Å². The molecular formula is C8H6NO4. The molecule has 5 nitrogen and oxygen atoms in total. The van der Waals surface area contributed by atoms with Crippen LogP contribution in [0.25, 0.3) is 0 Å². The summed E-state index contributed by atoms with van der Waals surface area (Å²) in [5, 5.41) is 17.2. The number of carboxylic acid groups (broad SMARTS) is 2. The van der Waals surface area contributed by atoms with Gasteiger partial charge >= 0.3 is 11.9 Å². The number of carbonyl (C=O) groups is 2. The van der Waals surface area contributed by atoms with Gasteiger partial charge in [-0.3, -0.25) is 0 Å². The average molecular weight is 180 g/mol. The fraction of sp³-hybridized carbons (Fsp3) is 0. The lowest BCUT2D eigenvalue weighted by atomic mass is 10.1. The second-order valence-corrected chi connectivity index (χ2v) is 2.35. The minimum atomic E-state index is -1.36. The lowest BCUT2D eigenvalue weighted by Crippen LogP contribution is -2.10. The molecule has 1 aromatic rings. The summed E-state index contributed by atoms with van der Waals surface area (Å²) in [6, 6.07) is 1.17. The molecule has 0 unspecified atom stereocenters. The zero-order valence-electron chi connectivity index (χ0n) is 6.52. The van der Waals surface area contributed by atoms with Crippen molar-refractivity contribution in [2.24, 2.45) is 0 Å². The standard InChI is InChI=1S/C8H6NO4/c1-4-2-5(7(10)11)6(8(12)13)9-3-4/h2-3H,1H2,(H,10,11)(H,12,13). The van der Waals surface area contributed by atoms with Gasteiger partial charge in [0, 0.05) is 6.20 Å². The minimum Gasteiger partial charge on any atom is -0.478 e. The molecule has 0 amide bonds. The van der Waals surface area contributed by atoms with Gasteiger partial charge in [-0.2, -0.15) is 0 Å². The van der Waals surface area contributed by atoms with Crippen molar-refractivity contribution in [2.45, 2.75) is 0 Å². The Morgan fingerprint density at radius 3 is 2.38 bits per heavy atom. The smallest absolute Gasteiger partial charge is 0.355 e. The Balaban J connectivity index is 3.35. The van der Waals surface area contributed by atoms with Crippen LogP contribution in [0, 0.1) is 6.92 Å². The molecule has 67 valence electrons. The van der Waals surface area contributed by atoms with Crippen LogP contribution in [0.4, 0.5) is 0 Å². The molecule has 1 radical (unpaired) electrons. The van der Waals surface area contributed by atoms with Crippen LogP contribution in [0.5, 0.6) is 0 Å². The highest BCUT2D eigenvalue weighted by molar-refractivity contribution is 6.00. The molecule has 1 rings (SSSR count). The van der Waals surface area contributed by atoms with E-state index >= 15 is 0 Å². The van der Waals surface area contributed by atoms with Crippen LogP contribution in [-0.4, -0.2) is 27.1 Å². The Labute approximate surface area is 73.7 Å². The van der Waals surface area contributed by atoms with Crippen LogP contribution in [-0.2, 0) is 0 Å². The zero-order valence-corrected chi connectivity index (χ0v) is 6.52. The van der Waals surface area contributed by atoms with Crippen LogP contribution < -0.4 is 0 Å². The van der Waals surface area contributed by atoms with Crippen LogP contribution in [0.15, 0.2) is 12.3 Å². The number of aromatic nitrogens is 1. The third kappa shape index (κ3) is 1.81. The summed E-state index contributed by atoms with van der Waals surface area (Å²) >= 11 is 0. The first-order chi connectivity index (χ1) is 6.02. The molecule has 0 aliphatic carbocycles. The molecule has 0 spiro atoms. The van der Waals surface area contributed by atoms with Gasteiger partial charge in [0.25, 0.3) is 0 Å². The van der Waals surface area contributed by atoms with E-state index in [2.05, 4.69) is 11.9 Å². The topological polar surface area (TPSA) is 87.5 Å². The summed E-state index contributed by atoms with van der Waals surface area (Å²) < 4.78 is 0. The van der Waals surface area contributed by atoms with Crippen molar-refractivity contribution in [3.63, 3.8) is 0 Å². The fourth-order valence-electron chi connectivity index (χ4n) is 0.841. The lowest BCUT2D eigenvalue weighted by molar-refractivity contribution is 0.0646. The predicted octanol–water partition coefficient (Wildman–Crippen LogP) is 0.660. The van der Waals surface area contributed by atoms with E-state index < -0.39 is 17.6 Å². The van der Waals surface area contributed by atoms with Crippen LogP contribution in [0.3, 0.4) is 0 Å². The molecular weight excluding hydrogens is 174 g/mol. The van der Waals surface area contributed by atoms with Crippen molar-refractivity contribution in [2.75, 3.05) is 0 Å². The first-order valence-electron chi connectivity index (χ1n) is 3.31. The monoisotopic (exact) mass is 180 g/mol. The van der Waals surface area contributed by atoms with Gasteiger partial charge < -0.3 is 10.2 Å². The van der Waals surface area contributed by atoms with E-state index in [0.717, 1.165) is 0 Å². The average Bonchev–Trinajstić information content (AvgIpc) is 2.03. The van der Waals surface area contributed by atoms with Crippen molar-refractivity contribution < 1.29 is 19.8 Å². The fourth-order valence-corrected chi connectivity index (χ4v) is 0.841. The molecule has 2 N–H and O–H groups in total. The van der Waals surface area contributed by atoms with E-state index in [4.69, 9.17) is 10.2 Å². The zero-order chi connectivity index (χ0) is 10.0. The molecule has 0 aliphatic rings. The number of pyridine rings is 1. The largest absolute Gasteiger partial charge is 0.478 e. The normalized spacial score (nSPS) is 9.62. The highest BCUT2D eigenvalue weighted by atomic mass is 16.4. The van der Waals surface area contributed by atoms with Crippen molar-refractivity contribution in [3.8, 4) is 0 Å². The van der Waals surface area contributed by atoms with E-state index in [-0.39, 0.29) is 5.56 Å². The molecule has 0 fully saturated rings. The SMILES string of the molecule is [CH2]c1cnc(C(=O)O)c(C(=O)O)c1. The number of hydrogen-bond donors (Lipinski definition) is 2. The summed E-state index contributed by atoms with van der Waals surface area (Å²) in [7, 11) is 0. The maximum Gasteiger partial charge on any atom is 0.355 e. The highest BCUT2D eigenvalue weighted by Gasteiger charge is 2.16. The lowest BCUT2D eigenvalue weighted by Gasteiger charge is -2.00.